The molecule has 23 heavy (non-hydrogen) atoms. The van der Waals surface area contributed by atoms with Crippen molar-refractivity contribution in [3.63, 3.8) is 0 Å². The third-order valence-corrected chi connectivity index (χ3v) is 3.56. The molecule has 0 saturated carbocycles. The topological polar surface area (TPSA) is 34.1 Å². The van der Waals surface area contributed by atoms with Gasteiger partial charge in [-0.1, -0.05) is 0 Å². The summed E-state index contributed by atoms with van der Waals surface area (Å²) in [5.74, 6) is -31.9. The highest BCUT2D eigenvalue weighted by atomic mass is 32.2. The van der Waals surface area contributed by atoms with E-state index in [-0.39, 0.29) is 0 Å². The third kappa shape index (κ3) is 2.71. The molecule has 0 bridgehead atoms. The SMILES string of the molecule is CS(=O)(=O)C(F)(F)C(F)(F)C(F)(F)C(F)(F)C(F)(F)C(F)(F)F. The van der Waals surface area contributed by atoms with E-state index in [2.05, 4.69) is 0 Å². The molecule has 0 saturated heterocycles. The minimum absolute atomic E-state index is 0.850. The molecule has 16 heteroatoms. The van der Waals surface area contributed by atoms with Gasteiger partial charge >= 0.3 is 35.1 Å². The molecular formula is C7H3F13O2S. The number of rotatable bonds is 5. The summed E-state index contributed by atoms with van der Waals surface area (Å²) >= 11 is 0. The second-order valence-corrected chi connectivity index (χ2v) is 6.14. The Kier molecular flexibility index (Phi) is 4.81. The zero-order valence-corrected chi connectivity index (χ0v) is 11.0. The van der Waals surface area contributed by atoms with Gasteiger partial charge in [0.05, 0.1) is 0 Å². The number of hydrogen-bond acceptors (Lipinski definition) is 2. The van der Waals surface area contributed by atoms with Gasteiger partial charge in [0.25, 0.3) is 0 Å². The molecule has 0 unspecified atom stereocenters. The van der Waals surface area contributed by atoms with Crippen LogP contribution in [0.25, 0.3) is 0 Å². The van der Waals surface area contributed by atoms with Crippen molar-refractivity contribution in [1.82, 2.24) is 0 Å². The Labute approximate surface area is 118 Å². The van der Waals surface area contributed by atoms with Crippen molar-refractivity contribution >= 4 is 9.84 Å². The molecule has 0 aliphatic heterocycles. The smallest absolute Gasteiger partial charge is 0.223 e. The van der Waals surface area contributed by atoms with E-state index in [4.69, 9.17) is 0 Å². The molecule has 0 radical (unpaired) electrons. The molecule has 0 aromatic carbocycles. The van der Waals surface area contributed by atoms with E-state index in [9.17, 15) is 65.5 Å². The van der Waals surface area contributed by atoms with E-state index in [0.29, 0.717) is 0 Å². The highest BCUT2D eigenvalue weighted by Crippen LogP contribution is 2.60. The van der Waals surface area contributed by atoms with Gasteiger partial charge in [-0.15, -0.1) is 0 Å². The van der Waals surface area contributed by atoms with Crippen LogP contribution in [-0.2, 0) is 9.84 Å². The molecule has 0 heterocycles. The van der Waals surface area contributed by atoms with Crippen molar-refractivity contribution < 1.29 is 65.5 Å². The fourth-order valence-corrected chi connectivity index (χ4v) is 1.58. The highest BCUT2D eigenvalue weighted by Gasteiger charge is 2.92. The van der Waals surface area contributed by atoms with Gasteiger partial charge < -0.3 is 0 Å². The molecule has 0 rings (SSSR count). The zero-order valence-electron chi connectivity index (χ0n) is 10.1. The molecule has 0 N–H and O–H groups in total. The number of halogens is 13. The van der Waals surface area contributed by atoms with Crippen LogP contribution in [0.15, 0.2) is 0 Å². The van der Waals surface area contributed by atoms with Gasteiger partial charge in [-0.2, -0.15) is 57.1 Å². The van der Waals surface area contributed by atoms with Crippen LogP contribution in [0.4, 0.5) is 57.1 Å². The average Bonchev–Trinajstić information content (AvgIpc) is 2.24. The fraction of sp³-hybridized carbons (Fsp3) is 1.00. The van der Waals surface area contributed by atoms with E-state index in [1.54, 1.807) is 0 Å². The lowest BCUT2D eigenvalue weighted by Crippen LogP contribution is -2.71. The highest BCUT2D eigenvalue weighted by molar-refractivity contribution is 7.91. The molecule has 140 valence electrons. The van der Waals surface area contributed by atoms with Crippen molar-refractivity contribution in [2.75, 3.05) is 6.26 Å². The van der Waals surface area contributed by atoms with Crippen LogP contribution >= 0.6 is 0 Å². The molecule has 0 amide bonds. The monoisotopic (exact) mass is 398 g/mol. The van der Waals surface area contributed by atoms with Crippen molar-refractivity contribution in [2.24, 2.45) is 0 Å². The standard InChI is InChI=1S/C7H3F13O2S/c1-23(21,22)7(19,20)5(14,15)3(10,11)2(8,9)4(12,13)6(16,17)18/h1H3. The van der Waals surface area contributed by atoms with Gasteiger partial charge in [0.1, 0.15) is 0 Å². The van der Waals surface area contributed by atoms with Crippen LogP contribution in [0.2, 0.25) is 0 Å². The Balaban J connectivity index is 6.48. The van der Waals surface area contributed by atoms with E-state index in [1.807, 2.05) is 0 Å². The summed E-state index contributed by atoms with van der Waals surface area (Å²) in [6.45, 7) is 0. The molecule has 0 fully saturated rings. The first-order chi connectivity index (χ1) is 9.50. The maximum Gasteiger partial charge on any atom is 0.460 e. The van der Waals surface area contributed by atoms with Gasteiger partial charge in [-0.25, -0.2) is 8.42 Å². The van der Waals surface area contributed by atoms with Crippen molar-refractivity contribution in [3.05, 3.63) is 0 Å². The molecule has 0 atom stereocenters. The Morgan fingerprint density at radius 3 is 1.00 bits per heavy atom. The Morgan fingerprint density at radius 2 is 0.783 bits per heavy atom. The summed E-state index contributed by atoms with van der Waals surface area (Å²) in [5, 5.41) is -7.07. The first-order valence-corrected chi connectivity index (χ1v) is 6.54. The minimum Gasteiger partial charge on any atom is -0.223 e. The van der Waals surface area contributed by atoms with Gasteiger partial charge in [-0.05, 0) is 0 Å². The molecule has 0 aliphatic carbocycles. The fourth-order valence-electron chi connectivity index (χ4n) is 0.988. The second-order valence-electron chi connectivity index (χ2n) is 4.08. The maximum absolute atomic E-state index is 12.8. The van der Waals surface area contributed by atoms with Crippen LogP contribution in [0.5, 0.6) is 0 Å². The molecule has 0 aliphatic rings. The average molecular weight is 398 g/mol. The van der Waals surface area contributed by atoms with Gasteiger partial charge in [0, 0.05) is 6.26 Å². The maximum atomic E-state index is 12.8. The van der Waals surface area contributed by atoms with E-state index in [1.165, 1.54) is 0 Å². The van der Waals surface area contributed by atoms with Crippen molar-refractivity contribution in [2.45, 2.75) is 35.1 Å². The summed E-state index contributed by atoms with van der Waals surface area (Å²) in [7, 11) is -6.61. The largest absolute Gasteiger partial charge is 0.460 e. The zero-order chi connectivity index (χ0) is 19.5. The van der Waals surface area contributed by atoms with Crippen LogP contribution < -0.4 is 0 Å². The summed E-state index contributed by atoms with van der Waals surface area (Å²) < 4.78 is 182. The molecule has 2 nitrogen and oxygen atoms in total. The first kappa shape index (κ1) is 22.0. The molecule has 0 aromatic heterocycles. The van der Waals surface area contributed by atoms with Crippen molar-refractivity contribution in [1.29, 1.82) is 0 Å². The normalized spacial score (nSPS) is 16.6. The molecule has 0 aromatic rings. The van der Waals surface area contributed by atoms with E-state index in [0.717, 1.165) is 0 Å². The van der Waals surface area contributed by atoms with Gasteiger partial charge in [0.2, 0.25) is 9.84 Å². The van der Waals surface area contributed by atoms with E-state index >= 15 is 0 Å². The van der Waals surface area contributed by atoms with Gasteiger partial charge in [0.15, 0.2) is 0 Å². The van der Waals surface area contributed by atoms with Crippen LogP contribution in [0.3, 0.4) is 0 Å². The Hall–Kier alpha value is -0.960. The lowest BCUT2D eigenvalue weighted by atomic mass is 9.98. The summed E-state index contributed by atoms with van der Waals surface area (Å²) in [6, 6.07) is 0. The first-order valence-electron chi connectivity index (χ1n) is 4.65. The van der Waals surface area contributed by atoms with Crippen LogP contribution in [0.1, 0.15) is 0 Å². The Morgan fingerprint density at radius 1 is 0.522 bits per heavy atom. The molecule has 0 spiro atoms. The number of hydrogen-bond donors (Lipinski definition) is 0. The lowest BCUT2D eigenvalue weighted by molar-refractivity contribution is -0.433. The van der Waals surface area contributed by atoms with Gasteiger partial charge in [-0.3, -0.25) is 0 Å². The second kappa shape index (κ2) is 5.02. The third-order valence-electron chi connectivity index (χ3n) is 2.37. The minimum atomic E-state index is -8.10. The number of sulfone groups is 1. The van der Waals surface area contributed by atoms with E-state index < -0.39 is 51.2 Å². The summed E-state index contributed by atoms with van der Waals surface area (Å²) in [4.78, 5) is 0. The van der Waals surface area contributed by atoms with Crippen LogP contribution in [-0.4, -0.2) is 49.8 Å². The van der Waals surface area contributed by atoms with Crippen LogP contribution in [0, 0.1) is 0 Å². The predicted octanol–water partition coefficient (Wildman–Crippen LogP) is 3.73. The summed E-state index contributed by atoms with van der Waals surface area (Å²) in [5.41, 5.74) is 0. The quantitative estimate of drug-likeness (QED) is 0.662. The molecular weight excluding hydrogens is 395 g/mol. The predicted molar refractivity (Wildman–Crippen MR) is 45.6 cm³/mol. The van der Waals surface area contributed by atoms with Crippen molar-refractivity contribution in [3.8, 4) is 0 Å². The summed E-state index contributed by atoms with van der Waals surface area (Å²) in [6.07, 6.45) is -8.38. The number of alkyl halides is 13. The lowest BCUT2D eigenvalue weighted by Gasteiger charge is -2.39. The Bertz CT molecular complexity index is 557.